The summed E-state index contributed by atoms with van der Waals surface area (Å²) < 4.78 is 9.79. The number of carbonyl (C=O) groups is 2. The van der Waals surface area contributed by atoms with Gasteiger partial charge in [0.05, 0.1) is 7.11 Å². The van der Waals surface area contributed by atoms with Crippen LogP contribution in [0.25, 0.3) is 0 Å². The van der Waals surface area contributed by atoms with Crippen molar-refractivity contribution in [3.8, 4) is 11.5 Å². The molecule has 1 N–H and O–H groups in total. The lowest BCUT2D eigenvalue weighted by Crippen LogP contribution is -2.26. The van der Waals surface area contributed by atoms with Gasteiger partial charge < -0.3 is 14.6 Å². The third-order valence-electron chi connectivity index (χ3n) is 2.60. The predicted octanol–water partition coefficient (Wildman–Crippen LogP) is 2.17. The van der Waals surface area contributed by atoms with Crippen molar-refractivity contribution in [3.05, 3.63) is 23.8 Å². The van der Waals surface area contributed by atoms with E-state index in [0.717, 1.165) is 0 Å². The average Bonchev–Trinajstić information content (AvgIpc) is 2.34. The van der Waals surface area contributed by atoms with Crippen LogP contribution in [0.3, 0.4) is 0 Å². The lowest BCUT2D eigenvalue weighted by molar-refractivity contribution is -0.129. The summed E-state index contributed by atoms with van der Waals surface area (Å²) in [6.07, 6.45) is 0. The Labute approximate surface area is 112 Å². The quantitative estimate of drug-likeness (QED) is 0.845. The maximum absolute atomic E-state index is 11.7. The van der Waals surface area contributed by atoms with Crippen LogP contribution in [0, 0.1) is 5.41 Å². The molecule has 104 valence electrons. The summed E-state index contributed by atoms with van der Waals surface area (Å²) in [4.78, 5) is 23.3. The fraction of sp³-hybridized carbons (Fsp3) is 0.429. The number of methoxy groups -OCH3 is 1. The van der Waals surface area contributed by atoms with Crippen LogP contribution >= 0.6 is 0 Å². The minimum Gasteiger partial charge on any atom is -0.507 e. The molecule has 0 spiro atoms. The Hall–Kier alpha value is -2.04. The minimum absolute atomic E-state index is 0.00232. The molecule has 0 heterocycles. The Bertz CT molecular complexity index is 485. The van der Waals surface area contributed by atoms with Gasteiger partial charge in [0.1, 0.15) is 17.1 Å². The van der Waals surface area contributed by atoms with Gasteiger partial charge in [0, 0.05) is 11.5 Å². The summed E-state index contributed by atoms with van der Waals surface area (Å²) in [5, 5.41) is 9.65. The van der Waals surface area contributed by atoms with Gasteiger partial charge in [-0.3, -0.25) is 4.79 Å². The van der Waals surface area contributed by atoms with Gasteiger partial charge in [-0.2, -0.15) is 0 Å². The van der Waals surface area contributed by atoms with Crippen LogP contribution in [0.15, 0.2) is 18.2 Å². The first-order valence-electron chi connectivity index (χ1n) is 5.83. The number of ketones is 1. The number of ether oxygens (including phenoxy) is 2. The molecule has 5 nitrogen and oxygen atoms in total. The molecule has 0 amide bonds. The molecular formula is C14H18O5. The largest absolute Gasteiger partial charge is 0.507 e. The molecule has 0 radical (unpaired) electrons. The van der Waals surface area contributed by atoms with Crippen molar-refractivity contribution >= 4 is 11.8 Å². The molecule has 0 saturated carbocycles. The number of aromatic hydroxyl groups is 1. The van der Waals surface area contributed by atoms with Gasteiger partial charge in [0.2, 0.25) is 0 Å². The standard InChI is InChI=1S/C14H18O5/c1-14(2,3)12(16)8-19-13(17)10-6-5-9(18-4)7-11(10)15/h5-7,15H,8H2,1-4H3. The third-order valence-corrected chi connectivity index (χ3v) is 2.60. The van der Waals surface area contributed by atoms with Crippen LogP contribution in [0.1, 0.15) is 31.1 Å². The van der Waals surface area contributed by atoms with Crippen molar-refractivity contribution in [1.82, 2.24) is 0 Å². The Kier molecular flexibility index (Phi) is 4.53. The van der Waals surface area contributed by atoms with E-state index < -0.39 is 11.4 Å². The molecule has 0 saturated heterocycles. The van der Waals surface area contributed by atoms with Crippen molar-refractivity contribution in [1.29, 1.82) is 0 Å². The molecule has 0 atom stereocenters. The van der Waals surface area contributed by atoms with Crippen molar-refractivity contribution in [2.75, 3.05) is 13.7 Å². The van der Waals surface area contributed by atoms with Gasteiger partial charge in [-0.25, -0.2) is 4.79 Å². The van der Waals surface area contributed by atoms with E-state index in [1.807, 2.05) is 0 Å². The van der Waals surface area contributed by atoms with Crippen LogP contribution in [-0.2, 0) is 9.53 Å². The normalized spacial score (nSPS) is 10.9. The first kappa shape index (κ1) is 15.0. The van der Waals surface area contributed by atoms with Crippen LogP contribution in [0.5, 0.6) is 11.5 Å². The van der Waals surface area contributed by atoms with Crippen LogP contribution in [0.2, 0.25) is 0 Å². The monoisotopic (exact) mass is 266 g/mol. The zero-order valence-corrected chi connectivity index (χ0v) is 11.5. The summed E-state index contributed by atoms with van der Waals surface area (Å²) in [7, 11) is 1.45. The van der Waals surface area contributed by atoms with Crippen LogP contribution in [0.4, 0.5) is 0 Å². The molecular weight excluding hydrogens is 248 g/mol. The summed E-state index contributed by atoms with van der Waals surface area (Å²) in [6.45, 7) is 4.92. The van der Waals surface area contributed by atoms with E-state index in [2.05, 4.69) is 0 Å². The van der Waals surface area contributed by atoms with Gasteiger partial charge in [0.15, 0.2) is 12.4 Å². The first-order valence-corrected chi connectivity index (χ1v) is 5.83. The topological polar surface area (TPSA) is 72.8 Å². The summed E-state index contributed by atoms with van der Waals surface area (Å²) in [5.74, 6) is -0.737. The lowest BCUT2D eigenvalue weighted by Gasteiger charge is -2.16. The Morgan fingerprint density at radius 3 is 2.37 bits per heavy atom. The number of carbonyl (C=O) groups excluding carboxylic acids is 2. The predicted molar refractivity (Wildman–Crippen MR) is 69.4 cm³/mol. The highest BCUT2D eigenvalue weighted by atomic mass is 16.5. The second-order valence-electron chi connectivity index (χ2n) is 5.13. The Balaban J connectivity index is 2.72. The van der Waals surface area contributed by atoms with E-state index >= 15 is 0 Å². The van der Waals surface area contributed by atoms with Crippen LogP contribution < -0.4 is 4.74 Å². The van der Waals surface area contributed by atoms with Gasteiger partial charge >= 0.3 is 5.97 Å². The molecule has 0 aromatic heterocycles. The zero-order chi connectivity index (χ0) is 14.6. The van der Waals surface area contributed by atoms with E-state index in [9.17, 15) is 14.7 Å². The molecule has 0 unspecified atom stereocenters. The molecule has 5 heteroatoms. The highest BCUT2D eigenvalue weighted by Crippen LogP contribution is 2.24. The number of esters is 1. The maximum atomic E-state index is 11.7. The Morgan fingerprint density at radius 2 is 1.89 bits per heavy atom. The van der Waals surface area contributed by atoms with Crippen molar-refractivity contribution in [2.45, 2.75) is 20.8 Å². The SMILES string of the molecule is COc1ccc(C(=O)OCC(=O)C(C)(C)C)c(O)c1. The average molecular weight is 266 g/mol. The smallest absolute Gasteiger partial charge is 0.342 e. The number of hydrogen-bond donors (Lipinski definition) is 1. The van der Waals surface area contributed by atoms with E-state index in [-0.39, 0.29) is 23.7 Å². The fourth-order valence-electron chi connectivity index (χ4n) is 1.24. The molecule has 19 heavy (non-hydrogen) atoms. The molecule has 0 aliphatic heterocycles. The van der Waals surface area contributed by atoms with Gasteiger partial charge in [-0.15, -0.1) is 0 Å². The van der Waals surface area contributed by atoms with Gasteiger partial charge in [-0.1, -0.05) is 20.8 Å². The van der Waals surface area contributed by atoms with E-state index in [4.69, 9.17) is 9.47 Å². The van der Waals surface area contributed by atoms with Gasteiger partial charge in [0.25, 0.3) is 0 Å². The Morgan fingerprint density at radius 1 is 1.26 bits per heavy atom. The lowest BCUT2D eigenvalue weighted by atomic mass is 9.91. The maximum Gasteiger partial charge on any atom is 0.342 e. The number of phenolic OH excluding ortho intramolecular Hbond substituents is 1. The summed E-state index contributed by atoms with van der Waals surface area (Å²) in [6, 6.07) is 4.22. The van der Waals surface area contributed by atoms with Crippen LogP contribution in [-0.4, -0.2) is 30.6 Å². The highest BCUT2D eigenvalue weighted by Gasteiger charge is 2.23. The minimum atomic E-state index is -0.738. The number of Topliss-reactive ketones (excluding diaryl/α,β-unsaturated/α-hetero) is 1. The molecule has 1 rings (SSSR count). The third kappa shape index (κ3) is 3.98. The van der Waals surface area contributed by atoms with Crippen molar-refractivity contribution in [3.63, 3.8) is 0 Å². The van der Waals surface area contributed by atoms with Crippen molar-refractivity contribution < 1.29 is 24.2 Å². The van der Waals surface area contributed by atoms with Gasteiger partial charge in [-0.05, 0) is 12.1 Å². The fourth-order valence-corrected chi connectivity index (χ4v) is 1.24. The zero-order valence-electron chi connectivity index (χ0n) is 11.5. The van der Waals surface area contributed by atoms with E-state index in [0.29, 0.717) is 5.75 Å². The highest BCUT2D eigenvalue weighted by molar-refractivity contribution is 5.95. The molecule has 0 bridgehead atoms. The number of benzene rings is 1. The first-order chi connectivity index (χ1) is 8.75. The van der Waals surface area contributed by atoms with E-state index in [1.165, 1.54) is 25.3 Å². The summed E-state index contributed by atoms with van der Waals surface area (Å²) >= 11 is 0. The second-order valence-corrected chi connectivity index (χ2v) is 5.13. The summed E-state index contributed by atoms with van der Waals surface area (Å²) in [5.41, 5.74) is -0.565. The molecule has 0 aliphatic rings. The number of phenols is 1. The second kappa shape index (κ2) is 5.73. The molecule has 0 aliphatic carbocycles. The number of hydrogen-bond acceptors (Lipinski definition) is 5. The number of rotatable bonds is 4. The van der Waals surface area contributed by atoms with E-state index in [1.54, 1.807) is 20.8 Å². The molecule has 1 aromatic rings. The van der Waals surface area contributed by atoms with Crippen molar-refractivity contribution in [2.24, 2.45) is 5.41 Å². The molecule has 0 fully saturated rings. The molecule has 1 aromatic carbocycles.